The van der Waals surface area contributed by atoms with Crippen molar-refractivity contribution in [3.63, 3.8) is 0 Å². The van der Waals surface area contributed by atoms with Crippen LogP contribution in [-0.2, 0) is 6.18 Å². The Balaban J connectivity index is 1.93. The lowest BCUT2D eigenvalue weighted by molar-refractivity contribution is -0.137. The van der Waals surface area contributed by atoms with Crippen molar-refractivity contribution in [1.29, 1.82) is 0 Å². The predicted molar refractivity (Wildman–Crippen MR) is 104 cm³/mol. The monoisotopic (exact) mass is 413 g/mol. The molecule has 0 spiro atoms. The second-order valence-corrected chi connectivity index (χ2v) is 6.47. The first-order chi connectivity index (χ1) is 14.4. The summed E-state index contributed by atoms with van der Waals surface area (Å²) in [6.45, 7) is 0. The lowest BCUT2D eigenvalue weighted by Gasteiger charge is -2.14. The highest BCUT2D eigenvalue weighted by atomic mass is 19.4. The summed E-state index contributed by atoms with van der Waals surface area (Å²) in [7, 11) is 1.53. The van der Waals surface area contributed by atoms with E-state index < -0.39 is 17.6 Å². The summed E-state index contributed by atoms with van der Waals surface area (Å²) in [4.78, 5) is 0. The first-order valence-corrected chi connectivity index (χ1v) is 8.90. The molecule has 1 heterocycles. The van der Waals surface area contributed by atoms with Gasteiger partial charge in [0, 0.05) is 16.8 Å². The lowest BCUT2D eigenvalue weighted by Crippen LogP contribution is -2.07. The molecule has 0 aliphatic carbocycles. The summed E-state index contributed by atoms with van der Waals surface area (Å²) in [5, 5.41) is 8.39. The quantitative estimate of drug-likeness (QED) is 0.399. The fourth-order valence-electron chi connectivity index (χ4n) is 3.06. The summed E-state index contributed by atoms with van der Waals surface area (Å²) in [6.07, 6.45) is -4.50. The minimum absolute atomic E-state index is 0.236. The Morgan fingerprint density at radius 3 is 1.90 bits per heavy atom. The fraction of sp³-hybridized carbons (Fsp3) is 0.0909. The van der Waals surface area contributed by atoms with Crippen molar-refractivity contribution in [2.24, 2.45) is 0 Å². The van der Waals surface area contributed by atoms with E-state index in [1.165, 1.54) is 42.0 Å². The van der Waals surface area contributed by atoms with Crippen molar-refractivity contribution in [1.82, 2.24) is 14.8 Å². The highest BCUT2D eigenvalue weighted by molar-refractivity contribution is 5.67. The van der Waals surface area contributed by atoms with Gasteiger partial charge in [-0.1, -0.05) is 6.07 Å². The Morgan fingerprint density at radius 2 is 1.37 bits per heavy atom. The number of aromatic nitrogens is 3. The summed E-state index contributed by atoms with van der Waals surface area (Å²) in [5.41, 5.74) is 0.592. The molecule has 0 unspecified atom stereocenters. The Bertz CT molecular complexity index is 1170. The van der Waals surface area contributed by atoms with E-state index in [2.05, 4.69) is 10.2 Å². The zero-order chi connectivity index (χ0) is 21.3. The fourth-order valence-corrected chi connectivity index (χ4v) is 3.06. The van der Waals surface area contributed by atoms with Crippen LogP contribution in [0.15, 0.2) is 72.8 Å². The molecule has 4 aromatic rings. The number of hydrogen-bond acceptors (Lipinski definition) is 3. The average molecular weight is 413 g/mol. The number of alkyl halides is 3. The number of methoxy groups -OCH3 is 1. The van der Waals surface area contributed by atoms with Gasteiger partial charge in [-0.15, -0.1) is 10.2 Å². The number of benzene rings is 3. The van der Waals surface area contributed by atoms with E-state index in [1.807, 2.05) is 0 Å². The molecule has 0 amide bonds. The number of hydrogen-bond donors (Lipinski definition) is 0. The minimum atomic E-state index is -4.50. The molecule has 1 aromatic heterocycles. The van der Waals surface area contributed by atoms with Gasteiger partial charge < -0.3 is 4.74 Å². The van der Waals surface area contributed by atoms with Gasteiger partial charge in [-0.3, -0.25) is 4.57 Å². The summed E-state index contributed by atoms with van der Waals surface area (Å²) in [6, 6.07) is 17.3. The van der Waals surface area contributed by atoms with Crippen LogP contribution in [0.3, 0.4) is 0 Å². The normalized spacial score (nSPS) is 11.5. The minimum Gasteiger partial charge on any atom is -0.497 e. The molecule has 0 saturated heterocycles. The Labute approximate surface area is 169 Å². The third kappa shape index (κ3) is 3.76. The van der Waals surface area contributed by atoms with Crippen molar-refractivity contribution in [3.05, 3.63) is 84.2 Å². The molecule has 0 fully saturated rings. The van der Waals surface area contributed by atoms with Crippen LogP contribution in [0.2, 0.25) is 0 Å². The van der Waals surface area contributed by atoms with Crippen molar-refractivity contribution in [2.75, 3.05) is 7.11 Å². The molecule has 0 radical (unpaired) electrons. The first kappa shape index (κ1) is 19.6. The second-order valence-electron chi connectivity index (χ2n) is 6.47. The van der Waals surface area contributed by atoms with E-state index in [0.717, 1.165) is 12.1 Å². The third-order valence-electron chi connectivity index (χ3n) is 4.55. The first-order valence-electron chi connectivity index (χ1n) is 8.90. The molecular weight excluding hydrogens is 398 g/mol. The SMILES string of the molecule is COc1ccc(-c2nnc(-c3ccc(F)cc3)n2-c2cccc(C(F)(F)F)c2)cc1. The predicted octanol–water partition coefficient (Wildman–Crippen LogP) is 5.77. The molecule has 4 rings (SSSR count). The van der Waals surface area contributed by atoms with Crippen LogP contribution in [0, 0.1) is 5.82 Å². The van der Waals surface area contributed by atoms with Gasteiger partial charge >= 0.3 is 6.18 Å². The van der Waals surface area contributed by atoms with E-state index >= 15 is 0 Å². The number of halogens is 4. The van der Waals surface area contributed by atoms with Gasteiger partial charge in [-0.05, 0) is 66.7 Å². The van der Waals surface area contributed by atoms with Gasteiger partial charge in [0.25, 0.3) is 0 Å². The van der Waals surface area contributed by atoms with Crippen LogP contribution in [0.25, 0.3) is 28.5 Å². The molecule has 30 heavy (non-hydrogen) atoms. The van der Waals surface area contributed by atoms with Gasteiger partial charge in [0.15, 0.2) is 11.6 Å². The van der Waals surface area contributed by atoms with Crippen LogP contribution in [0.1, 0.15) is 5.56 Å². The van der Waals surface area contributed by atoms with Crippen molar-refractivity contribution in [3.8, 4) is 34.2 Å². The van der Waals surface area contributed by atoms with E-state index in [9.17, 15) is 17.6 Å². The maximum atomic E-state index is 13.4. The summed E-state index contributed by atoms with van der Waals surface area (Å²) >= 11 is 0. The average Bonchev–Trinajstić information content (AvgIpc) is 3.19. The summed E-state index contributed by atoms with van der Waals surface area (Å²) < 4.78 is 59.9. The van der Waals surface area contributed by atoms with Crippen molar-refractivity contribution >= 4 is 0 Å². The van der Waals surface area contributed by atoms with E-state index in [1.54, 1.807) is 30.3 Å². The zero-order valence-electron chi connectivity index (χ0n) is 15.7. The van der Waals surface area contributed by atoms with Crippen LogP contribution < -0.4 is 4.74 Å². The van der Waals surface area contributed by atoms with Crippen LogP contribution in [-0.4, -0.2) is 21.9 Å². The Hall–Kier alpha value is -3.68. The lowest BCUT2D eigenvalue weighted by atomic mass is 10.1. The number of rotatable bonds is 4. The van der Waals surface area contributed by atoms with Crippen LogP contribution in [0.4, 0.5) is 17.6 Å². The smallest absolute Gasteiger partial charge is 0.416 e. The maximum absolute atomic E-state index is 13.4. The number of nitrogens with zero attached hydrogens (tertiary/aromatic N) is 3. The van der Waals surface area contributed by atoms with Gasteiger partial charge in [-0.25, -0.2) is 4.39 Å². The molecule has 152 valence electrons. The highest BCUT2D eigenvalue weighted by Gasteiger charge is 2.31. The van der Waals surface area contributed by atoms with Crippen LogP contribution in [0.5, 0.6) is 5.75 Å². The zero-order valence-corrected chi connectivity index (χ0v) is 15.7. The standard InChI is InChI=1S/C22H15F4N3O/c1-30-19-11-7-15(8-12-19)21-28-27-20(14-5-9-17(23)10-6-14)29(21)18-4-2-3-16(13-18)22(24,25)26/h2-13H,1H3. The molecule has 0 atom stereocenters. The van der Waals surface area contributed by atoms with E-state index in [0.29, 0.717) is 28.5 Å². The molecule has 0 aliphatic heterocycles. The van der Waals surface area contributed by atoms with Crippen molar-refractivity contribution < 1.29 is 22.3 Å². The topological polar surface area (TPSA) is 39.9 Å². The van der Waals surface area contributed by atoms with Gasteiger partial charge in [0.05, 0.1) is 12.7 Å². The molecule has 4 nitrogen and oxygen atoms in total. The van der Waals surface area contributed by atoms with Gasteiger partial charge in [0.1, 0.15) is 11.6 Å². The van der Waals surface area contributed by atoms with E-state index in [4.69, 9.17) is 4.74 Å². The molecule has 0 saturated carbocycles. The Kier molecular flexibility index (Phi) is 4.99. The number of ether oxygens (including phenoxy) is 1. The largest absolute Gasteiger partial charge is 0.497 e. The highest BCUT2D eigenvalue weighted by Crippen LogP contribution is 2.34. The van der Waals surface area contributed by atoms with Gasteiger partial charge in [0.2, 0.25) is 0 Å². The maximum Gasteiger partial charge on any atom is 0.416 e. The van der Waals surface area contributed by atoms with E-state index in [-0.39, 0.29) is 5.69 Å². The molecule has 3 aromatic carbocycles. The molecular formula is C22H15F4N3O. The van der Waals surface area contributed by atoms with Gasteiger partial charge in [-0.2, -0.15) is 13.2 Å². The Morgan fingerprint density at radius 1 is 0.800 bits per heavy atom. The molecule has 0 aliphatic rings. The second kappa shape index (κ2) is 7.62. The van der Waals surface area contributed by atoms with Crippen LogP contribution >= 0.6 is 0 Å². The molecule has 0 bridgehead atoms. The summed E-state index contributed by atoms with van der Waals surface area (Å²) in [5.74, 6) is 0.832. The molecule has 0 N–H and O–H groups in total. The third-order valence-corrected chi connectivity index (χ3v) is 4.55. The molecule has 8 heteroatoms. The van der Waals surface area contributed by atoms with Crippen molar-refractivity contribution in [2.45, 2.75) is 6.18 Å².